The second-order valence-corrected chi connectivity index (χ2v) is 13.5. The summed E-state index contributed by atoms with van der Waals surface area (Å²) < 4.78 is 4.54. The second kappa shape index (κ2) is 27.7. The van der Waals surface area contributed by atoms with E-state index in [4.69, 9.17) is 5.73 Å². The quantitative estimate of drug-likeness (QED) is 0.145. The van der Waals surface area contributed by atoms with Gasteiger partial charge in [-0.2, -0.15) is 0 Å². The van der Waals surface area contributed by atoms with Crippen molar-refractivity contribution in [3.8, 4) is 0 Å². The Morgan fingerprint density at radius 2 is 1.53 bits per heavy atom. The number of nitrogens with zero attached hydrogens (tertiary/aromatic N) is 1. The number of rotatable bonds is 13. The third-order valence-corrected chi connectivity index (χ3v) is 8.33. The third-order valence-electron chi connectivity index (χ3n) is 8.33. The molecule has 2 fully saturated rings. The summed E-state index contributed by atoms with van der Waals surface area (Å²) in [6.07, 6.45) is 6.55. The Morgan fingerprint density at radius 3 is 1.96 bits per heavy atom. The Balaban J connectivity index is 0. The van der Waals surface area contributed by atoms with Gasteiger partial charge in [0.25, 0.3) is 12.4 Å². The minimum absolute atomic E-state index is 0.0939. The number of benzene rings is 1. The van der Waals surface area contributed by atoms with Gasteiger partial charge in [0, 0.05) is 13.1 Å². The van der Waals surface area contributed by atoms with Gasteiger partial charge in [0.1, 0.15) is 18.7 Å². The van der Waals surface area contributed by atoms with Crippen LogP contribution in [0.25, 0.3) is 0 Å². The zero-order valence-electron chi connectivity index (χ0n) is 33.3. The van der Waals surface area contributed by atoms with Crippen LogP contribution in [-0.4, -0.2) is 72.1 Å². The molecule has 12 heteroatoms. The largest absolute Gasteiger partial charge is 0.463 e. The smallest absolute Gasteiger partial charge is 0.315 e. The molecule has 3 rings (SSSR count). The predicted octanol–water partition coefficient (Wildman–Crippen LogP) is 5.91. The van der Waals surface area contributed by atoms with Gasteiger partial charge in [-0.3, -0.25) is 24.0 Å². The number of primary amides is 1. The summed E-state index contributed by atoms with van der Waals surface area (Å²) in [7, 11) is 0. The highest BCUT2D eigenvalue weighted by molar-refractivity contribution is 6.37. The van der Waals surface area contributed by atoms with Crippen LogP contribution < -0.4 is 21.7 Å². The molecule has 292 valence electrons. The van der Waals surface area contributed by atoms with Crippen molar-refractivity contribution >= 4 is 36.0 Å². The summed E-state index contributed by atoms with van der Waals surface area (Å²) in [5, 5.41) is 7.98. The first-order chi connectivity index (χ1) is 24.2. The third kappa shape index (κ3) is 19.9. The van der Waals surface area contributed by atoms with Crippen LogP contribution in [0.1, 0.15) is 127 Å². The van der Waals surface area contributed by atoms with Gasteiger partial charge in [-0.1, -0.05) is 125 Å². The Hall–Kier alpha value is -3.96. The molecule has 1 aliphatic heterocycles. The Kier molecular flexibility index (Phi) is 26.7. The first kappa shape index (κ1) is 49.2. The first-order valence-corrected chi connectivity index (χ1v) is 18.7. The van der Waals surface area contributed by atoms with Crippen LogP contribution in [0.15, 0.2) is 30.3 Å². The van der Waals surface area contributed by atoms with Crippen LogP contribution in [0, 0.1) is 17.3 Å². The summed E-state index contributed by atoms with van der Waals surface area (Å²) in [6.45, 7) is 23.0. The molecule has 12 nitrogen and oxygen atoms in total. The van der Waals surface area contributed by atoms with Gasteiger partial charge in [-0.15, -0.1) is 0 Å². The topological polar surface area (TPSA) is 177 Å². The fourth-order valence-electron chi connectivity index (χ4n) is 5.02. The van der Waals surface area contributed by atoms with Gasteiger partial charge in [0.15, 0.2) is 0 Å². The number of ketones is 1. The number of amides is 5. The lowest BCUT2D eigenvalue weighted by Gasteiger charge is -2.35. The molecule has 1 saturated carbocycles. The van der Waals surface area contributed by atoms with Crippen molar-refractivity contribution in [3.05, 3.63) is 35.9 Å². The van der Waals surface area contributed by atoms with E-state index in [1.165, 1.54) is 24.2 Å². The number of nitrogens with two attached hydrogens (primary N) is 1. The Bertz CT molecular complexity index is 1150. The molecule has 0 bridgehead atoms. The van der Waals surface area contributed by atoms with Crippen molar-refractivity contribution < 1.29 is 33.5 Å². The van der Waals surface area contributed by atoms with Crippen LogP contribution in [-0.2, 0) is 35.3 Å². The van der Waals surface area contributed by atoms with E-state index in [0.717, 1.165) is 17.9 Å². The SMILES string of the molecule is CC.CC.CC1CCC1.CCNC(=O)NC(C(=O)N1CCCC1C(=O)NC(CC(C)CC)C(=O)C(N)=O)C(C)(C)C.O=COCc1ccccc1. The average molecular weight is 720 g/mol. The summed E-state index contributed by atoms with van der Waals surface area (Å²) in [4.78, 5) is 73.4. The average Bonchev–Trinajstić information content (AvgIpc) is 3.61. The van der Waals surface area contributed by atoms with Crippen molar-refractivity contribution in [1.82, 2.24) is 20.9 Å². The fourth-order valence-corrected chi connectivity index (χ4v) is 5.02. The van der Waals surface area contributed by atoms with Crippen LogP contribution in [0.3, 0.4) is 0 Å². The van der Waals surface area contributed by atoms with Crippen LogP contribution in [0.4, 0.5) is 4.79 Å². The molecule has 2 aliphatic rings. The number of hydrogen-bond acceptors (Lipinski definition) is 7. The lowest BCUT2D eigenvalue weighted by molar-refractivity contribution is -0.143. The molecule has 5 amide bonds. The van der Waals surface area contributed by atoms with E-state index in [1.54, 1.807) is 6.92 Å². The molecule has 1 aliphatic carbocycles. The molecule has 1 saturated heterocycles. The summed E-state index contributed by atoms with van der Waals surface area (Å²) in [6, 6.07) is 6.43. The number of Topliss-reactive ketones (excluding diaryl/α,β-unsaturated/α-hetero) is 1. The number of hydrogen-bond donors (Lipinski definition) is 4. The maximum atomic E-state index is 13.4. The van der Waals surface area contributed by atoms with E-state index >= 15 is 0 Å². The molecule has 4 atom stereocenters. The molecular formula is C39H69N5O7. The van der Waals surface area contributed by atoms with E-state index in [1.807, 2.05) is 92.6 Å². The minimum Gasteiger partial charge on any atom is -0.463 e. The van der Waals surface area contributed by atoms with Gasteiger partial charge in [0.2, 0.25) is 17.6 Å². The van der Waals surface area contributed by atoms with Crippen molar-refractivity contribution in [1.29, 1.82) is 0 Å². The lowest BCUT2D eigenvalue weighted by Crippen LogP contribution is -2.60. The van der Waals surface area contributed by atoms with E-state index < -0.39 is 47.2 Å². The van der Waals surface area contributed by atoms with Crippen molar-refractivity contribution in [2.45, 2.75) is 146 Å². The zero-order chi connectivity index (χ0) is 39.6. The molecule has 5 N–H and O–H groups in total. The lowest BCUT2D eigenvalue weighted by atomic mass is 9.85. The molecule has 0 spiro atoms. The number of urea groups is 1. The normalized spacial score (nSPS) is 16.4. The van der Waals surface area contributed by atoms with E-state index in [9.17, 15) is 28.8 Å². The predicted molar refractivity (Wildman–Crippen MR) is 203 cm³/mol. The number of carbonyl (C=O) groups is 6. The Morgan fingerprint density at radius 1 is 0.961 bits per heavy atom. The van der Waals surface area contributed by atoms with Gasteiger partial charge >= 0.3 is 6.03 Å². The molecule has 1 aromatic carbocycles. The maximum Gasteiger partial charge on any atom is 0.315 e. The van der Waals surface area contributed by atoms with Gasteiger partial charge in [0.05, 0.1) is 6.04 Å². The first-order valence-electron chi connectivity index (χ1n) is 18.7. The van der Waals surface area contributed by atoms with Crippen LogP contribution in [0.2, 0.25) is 0 Å². The molecule has 1 aromatic rings. The molecular weight excluding hydrogens is 650 g/mol. The molecule has 1 heterocycles. The maximum absolute atomic E-state index is 13.4. The second-order valence-electron chi connectivity index (χ2n) is 13.5. The minimum atomic E-state index is -1.10. The molecule has 4 unspecified atom stereocenters. The van der Waals surface area contributed by atoms with Gasteiger partial charge < -0.3 is 31.3 Å². The molecule has 0 radical (unpaired) electrons. The monoisotopic (exact) mass is 720 g/mol. The van der Waals surface area contributed by atoms with Crippen molar-refractivity contribution in [2.75, 3.05) is 13.1 Å². The van der Waals surface area contributed by atoms with Crippen molar-refractivity contribution in [2.24, 2.45) is 23.0 Å². The van der Waals surface area contributed by atoms with E-state index in [2.05, 4.69) is 27.6 Å². The van der Waals surface area contributed by atoms with E-state index in [0.29, 0.717) is 39.0 Å². The molecule has 51 heavy (non-hydrogen) atoms. The van der Waals surface area contributed by atoms with Gasteiger partial charge in [-0.25, -0.2) is 4.79 Å². The summed E-state index contributed by atoms with van der Waals surface area (Å²) in [5.74, 6) is -1.64. The van der Waals surface area contributed by atoms with Crippen LogP contribution >= 0.6 is 0 Å². The zero-order valence-corrected chi connectivity index (χ0v) is 33.3. The number of ether oxygens (including phenoxy) is 1. The highest BCUT2D eigenvalue weighted by atomic mass is 16.5. The highest BCUT2D eigenvalue weighted by Gasteiger charge is 2.42. The number of nitrogens with one attached hydrogen (secondary N) is 3. The summed E-state index contributed by atoms with van der Waals surface area (Å²) >= 11 is 0. The van der Waals surface area contributed by atoms with Gasteiger partial charge in [-0.05, 0) is 49.0 Å². The molecule has 0 aromatic heterocycles. The Labute approximate surface area is 307 Å². The summed E-state index contributed by atoms with van der Waals surface area (Å²) in [5.41, 5.74) is 5.59. The fraction of sp³-hybridized carbons (Fsp3) is 0.692. The number of likely N-dealkylation sites (tertiary alicyclic amines) is 1. The van der Waals surface area contributed by atoms with Crippen LogP contribution in [0.5, 0.6) is 0 Å². The van der Waals surface area contributed by atoms with Crippen molar-refractivity contribution in [3.63, 3.8) is 0 Å². The highest BCUT2D eigenvalue weighted by Crippen LogP contribution is 2.26. The number of carbonyl (C=O) groups excluding carboxylic acids is 6. The standard InChI is InChI=1S/C22H39N5O5.C8H8O2.C5H10.2C2H6/c1-7-13(3)12-14(16(28)18(23)29)25-19(30)15-10-9-11-27(15)20(31)17(22(4,5)6)26-21(32)24-8-2;9-7-10-6-8-4-2-1-3-5-8;1-5-3-2-4-5;2*1-2/h13-15,17H,7-12H2,1-6H3,(H2,23,29)(H,25,30)(H2,24,26,32);1-5,7H,6H2;5H,2-4H2,1H3;2*1-2H3. The van der Waals surface area contributed by atoms with E-state index in [-0.39, 0.29) is 18.2 Å².